The maximum atomic E-state index is 9.92. The molecule has 0 saturated heterocycles. The van der Waals surface area contributed by atoms with E-state index in [-0.39, 0.29) is 0 Å². The third kappa shape index (κ3) is 2.78. The van der Waals surface area contributed by atoms with Gasteiger partial charge < -0.3 is 9.64 Å². The molecule has 70 valence electrons. The van der Waals surface area contributed by atoms with Crippen LogP contribution in [0.4, 0.5) is 5.69 Å². The Labute approximate surface area is 77.9 Å². The number of ether oxygens (including phenoxy) is 1. The lowest BCUT2D eigenvalue weighted by molar-refractivity contribution is -0.129. The first-order valence-electron chi connectivity index (χ1n) is 4.05. The van der Waals surface area contributed by atoms with Gasteiger partial charge in [-0.1, -0.05) is 12.1 Å². The monoisotopic (exact) mass is 179 g/mol. The normalized spacial score (nSPS) is 9.38. The average molecular weight is 179 g/mol. The molecule has 1 aromatic rings. The number of nitrogens with zero attached hydrogens (tertiary/aromatic N) is 1. The van der Waals surface area contributed by atoms with Gasteiger partial charge in [-0.05, 0) is 17.7 Å². The van der Waals surface area contributed by atoms with Crippen molar-refractivity contribution in [3.8, 4) is 0 Å². The van der Waals surface area contributed by atoms with E-state index in [0.29, 0.717) is 13.1 Å². The first kappa shape index (κ1) is 9.58. The van der Waals surface area contributed by atoms with Crippen molar-refractivity contribution in [3.63, 3.8) is 0 Å². The van der Waals surface area contributed by atoms with Crippen molar-refractivity contribution in [2.75, 3.05) is 19.0 Å². The summed E-state index contributed by atoms with van der Waals surface area (Å²) < 4.78 is 4.63. The first-order chi connectivity index (χ1) is 6.24. The molecule has 3 nitrogen and oxygen atoms in total. The van der Waals surface area contributed by atoms with Gasteiger partial charge in [0.15, 0.2) is 0 Å². The topological polar surface area (TPSA) is 29.5 Å². The Kier molecular flexibility index (Phi) is 3.31. The number of anilines is 1. The maximum absolute atomic E-state index is 9.92. The van der Waals surface area contributed by atoms with E-state index in [1.165, 1.54) is 0 Å². The smallest absolute Gasteiger partial charge is 0.293 e. The van der Waals surface area contributed by atoms with Crippen molar-refractivity contribution in [1.82, 2.24) is 0 Å². The van der Waals surface area contributed by atoms with Gasteiger partial charge in [0.25, 0.3) is 6.47 Å². The van der Waals surface area contributed by atoms with Crippen LogP contribution in [0.2, 0.25) is 0 Å². The summed E-state index contributed by atoms with van der Waals surface area (Å²) in [4.78, 5) is 11.9. The first-order valence-corrected chi connectivity index (χ1v) is 4.05. The van der Waals surface area contributed by atoms with Gasteiger partial charge in [0.05, 0.1) is 0 Å². The highest BCUT2D eigenvalue weighted by atomic mass is 16.5. The molecule has 1 rings (SSSR count). The van der Waals surface area contributed by atoms with Gasteiger partial charge in [-0.25, -0.2) is 0 Å². The second-order valence-corrected chi connectivity index (χ2v) is 2.97. The van der Waals surface area contributed by atoms with Crippen molar-refractivity contribution in [2.45, 2.75) is 6.61 Å². The SMILES string of the molecule is CN(C)c1ccc(COC=O)cc1. The van der Waals surface area contributed by atoms with E-state index in [0.717, 1.165) is 11.3 Å². The summed E-state index contributed by atoms with van der Waals surface area (Å²) >= 11 is 0. The van der Waals surface area contributed by atoms with Crippen LogP contribution in [0, 0.1) is 0 Å². The minimum Gasteiger partial charge on any atom is -0.463 e. The number of hydrogen-bond acceptors (Lipinski definition) is 3. The Morgan fingerprint density at radius 1 is 1.31 bits per heavy atom. The summed E-state index contributed by atoms with van der Waals surface area (Å²) in [6.45, 7) is 0.803. The Bertz CT molecular complexity index is 267. The fourth-order valence-electron chi connectivity index (χ4n) is 1.02. The molecule has 0 amide bonds. The predicted octanol–water partition coefficient (Wildman–Crippen LogP) is 1.43. The molecule has 0 fully saturated rings. The van der Waals surface area contributed by atoms with E-state index >= 15 is 0 Å². The lowest BCUT2D eigenvalue weighted by Gasteiger charge is -2.12. The van der Waals surface area contributed by atoms with Crippen LogP contribution in [0.1, 0.15) is 5.56 Å². The molecule has 0 aliphatic heterocycles. The zero-order valence-electron chi connectivity index (χ0n) is 7.86. The minimum absolute atomic E-state index is 0.344. The molecule has 0 spiro atoms. The molecule has 0 heterocycles. The van der Waals surface area contributed by atoms with Crippen LogP contribution in [-0.2, 0) is 16.1 Å². The zero-order valence-corrected chi connectivity index (χ0v) is 7.86. The predicted molar refractivity (Wildman–Crippen MR) is 51.6 cm³/mol. The molecular weight excluding hydrogens is 166 g/mol. The molecule has 1 aromatic carbocycles. The number of benzene rings is 1. The van der Waals surface area contributed by atoms with E-state index in [1.807, 2.05) is 43.3 Å². The molecule has 3 heteroatoms. The van der Waals surface area contributed by atoms with E-state index < -0.39 is 0 Å². The highest BCUT2D eigenvalue weighted by Gasteiger charge is 1.95. The van der Waals surface area contributed by atoms with Gasteiger partial charge in [-0.2, -0.15) is 0 Å². The van der Waals surface area contributed by atoms with Gasteiger partial charge in [-0.3, -0.25) is 4.79 Å². The molecule has 0 aliphatic rings. The molecule has 13 heavy (non-hydrogen) atoms. The lowest BCUT2D eigenvalue weighted by atomic mass is 10.2. The molecule has 0 N–H and O–H groups in total. The fourth-order valence-corrected chi connectivity index (χ4v) is 1.02. The maximum Gasteiger partial charge on any atom is 0.293 e. The van der Waals surface area contributed by atoms with Crippen molar-refractivity contribution in [3.05, 3.63) is 29.8 Å². The van der Waals surface area contributed by atoms with Crippen LogP contribution in [-0.4, -0.2) is 20.6 Å². The average Bonchev–Trinajstić information content (AvgIpc) is 2.15. The molecule has 0 unspecified atom stereocenters. The summed E-state index contributed by atoms with van der Waals surface area (Å²) in [5, 5.41) is 0. The number of rotatable bonds is 4. The van der Waals surface area contributed by atoms with Crippen molar-refractivity contribution in [2.24, 2.45) is 0 Å². The molecule has 0 atom stereocenters. The standard InChI is InChI=1S/C10H13NO2/c1-11(2)10-5-3-9(4-6-10)7-13-8-12/h3-6,8H,7H2,1-2H3. The Morgan fingerprint density at radius 3 is 2.38 bits per heavy atom. The molecule has 0 aromatic heterocycles. The van der Waals surface area contributed by atoms with Gasteiger partial charge in [-0.15, -0.1) is 0 Å². The summed E-state index contributed by atoms with van der Waals surface area (Å²) in [6, 6.07) is 7.87. The second-order valence-electron chi connectivity index (χ2n) is 2.97. The highest BCUT2D eigenvalue weighted by molar-refractivity contribution is 5.46. The fraction of sp³-hybridized carbons (Fsp3) is 0.300. The van der Waals surface area contributed by atoms with Crippen LogP contribution in [0.5, 0.6) is 0 Å². The minimum atomic E-state index is 0.344. The van der Waals surface area contributed by atoms with Crippen LogP contribution in [0.3, 0.4) is 0 Å². The molecule has 0 saturated carbocycles. The van der Waals surface area contributed by atoms with Crippen LogP contribution < -0.4 is 4.90 Å². The van der Waals surface area contributed by atoms with Gasteiger partial charge >= 0.3 is 0 Å². The van der Waals surface area contributed by atoms with Gasteiger partial charge in [0, 0.05) is 19.8 Å². The Hall–Kier alpha value is -1.51. The van der Waals surface area contributed by atoms with E-state index in [4.69, 9.17) is 0 Å². The van der Waals surface area contributed by atoms with E-state index in [2.05, 4.69) is 4.74 Å². The van der Waals surface area contributed by atoms with E-state index in [9.17, 15) is 4.79 Å². The summed E-state index contributed by atoms with van der Waals surface area (Å²) in [5.74, 6) is 0. The number of carbonyl (C=O) groups is 1. The summed E-state index contributed by atoms with van der Waals surface area (Å²) in [7, 11) is 3.97. The second kappa shape index (κ2) is 4.50. The summed E-state index contributed by atoms with van der Waals surface area (Å²) in [6.07, 6.45) is 0. The van der Waals surface area contributed by atoms with Gasteiger partial charge in [0.1, 0.15) is 6.61 Å². The van der Waals surface area contributed by atoms with Crippen LogP contribution in [0.25, 0.3) is 0 Å². The third-order valence-electron chi connectivity index (χ3n) is 1.77. The summed E-state index contributed by atoms with van der Waals surface area (Å²) in [5.41, 5.74) is 2.13. The van der Waals surface area contributed by atoms with Crippen molar-refractivity contribution in [1.29, 1.82) is 0 Å². The van der Waals surface area contributed by atoms with E-state index in [1.54, 1.807) is 0 Å². The zero-order chi connectivity index (χ0) is 9.68. The molecular formula is C10H13NO2. The Balaban J connectivity index is 2.64. The molecule has 0 bridgehead atoms. The largest absolute Gasteiger partial charge is 0.463 e. The van der Waals surface area contributed by atoms with Gasteiger partial charge in [0.2, 0.25) is 0 Å². The number of hydrogen-bond donors (Lipinski definition) is 0. The highest BCUT2D eigenvalue weighted by Crippen LogP contribution is 2.12. The Morgan fingerprint density at radius 2 is 1.92 bits per heavy atom. The third-order valence-corrected chi connectivity index (χ3v) is 1.77. The van der Waals surface area contributed by atoms with Crippen LogP contribution in [0.15, 0.2) is 24.3 Å². The number of carbonyl (C=O) groups excluding carboxylic acids is 1. The van der Waals surface area contributed by atoms with Crippen molar-refractivity contribution >= 4 is 12.2 Å². The van der Waals surface area contributed by atoms with Crippen molar-refractivity contribution < 1.29 is 9.53 Å². The quantitative estimate of drug-likeness (QED) is 0.655. The molecule has 0 radical (unpaired) electrons. The lowest BCUT2D eigenvalue weighted by Crippen LogP contribution is -2.08. The molecule has 0 aliphatic carbocycles. The van der Waals surface area contributed by atoms with Crippen LogP contribution >= 0.6 is 0 Å².